The SMILES string of the molecule is COc1ccc(C(=O)Oc2ccc(C(=O)OCc3ccc(Cl)cc3)cc2)cc1. The molecule has 0 radical (unpaired) electrons. The van der Waals surface area contributed by atoms with E-state index in [1.165, 1.54) is 0 Å². The Morgan fingerprint density at radius 3 is 1.86 bits per heavy atom. The zero-order chi connectivity index (χ0) is 19.9. The molecule has 0 fully saturated rings. The fourth-order valence-electron chi connectivity index (χ4n) is 2.36. The first kappa shape index (κ1) is 19.5. The Balaban J connectivity index is 1.56. The third-order valence-corrected chi connectivity index (χ3v) is 4.16. The van der Waals surface area contributed by atoms with Crippen molar-refractivity contribution in [3.63, 3.8) is 0 Å². The normalized spacial score (nSPS) is 10.2. The summed E-state index contributed by atoms with van der Waals surface area (Å²) in [6, 6.07) is 19.8. The van der Waals surface area contributed by atoms with Crippen LogP contribution in [-0.4, -0.2) is 19.0 Å². The molecule has 0 aliphatic carbocycles. The van der Waals surface area contributed by atoms with Gasteiger partial charge in [-0.15, -0.1) is 0 Å². The summed E-state index contributed by atoms with van der Waals surface area (Å²) in [5.74, 6) is 0.0109. The number of methoxy groups -OCH3 is 1. The van der Waals surface area contributed by atoms with E-state index in [1.54, 1.807) is 79.9 Å². The van der Waals surface area contributed by atoms with Gasteiger partial charge in [0.25, 0.3) is 0 Å². The van der Waals surface area contributed by atoms with Gasteiger partial charge in [0, 0.05) is 5.02 Å². The van der Waals surface area contributed by atoms with E-state index < -0.39 is 11.9 Å². The summed E-state index contributed by atoms with van der Waals surface area (Å²) in [6.45, 7) is 0.143. The van der Waals surface area contributed by atoms with E-state index in [9.17, 15) is 9.59 Å². The van der Waals surface area contributed by atoms with Crippen LogP contribution in [0, 0.1) is 0 Å². The highest BCUT2D eigenvalue weighted by atomic mass is 35.5. The molecular weight excluding hydrogens is 380 g/mol. The van der Waals surface area contributed by atoms with E-state index in [4.69, 9.17) is 25.8 Å². The van der Waals surface area contributed by atoms with E-state index >= 15 is 0 Å². The number of carbonyl (C=O) groups excluding carboxylic acids is 2. The minimum absolute atomic E-state index is 0.143. The van der Waals surface area contributed by atoms with Crippen LogP contribution in [0.15, 0.2) is 72.8 Å². The van der Waals surface area contributed by atoms with Crippen molar-refractivity contribution in [2.45, 2.75) is 6.61 Å². The first-order valence-electron chi connectivity index (χ1n) is 8.43. The predicted octanol–water partition coefficient (Wildman–Crippen LogP) is 4.92. The lowest BCUT2D eigenvalue weighted by molar-refractivity contribution is 0.0472. The van der Waals surface area contributed by atoms with Gasteiger partial charge < -0.3 is 14.2 Å². The van der Waals surface area contributed by atoms with E-state index in [1.807, 2.05) is 0 Å². The summed E-state index contributed by atoms with van der Waals surface area (Å²) in [5, 5.41) is 0.620. The number of carbonyl (C=O) groups is 2. The van der Waals surface area contributed by atoms with Crippen LogP contribution >= 0.6 is 11.6 Å². The first-order chi connectivity index (χ1) is 13.5. The van der Waals surface area contributed by atoms with Crippen LogP contribution in [0.3, 0.4) is 0 Å². The molecule has 0 saturated heterocycles. The molecule has 3 aromatic rings. The molecule has 0 bridgehead atoms. The van der Waals surface area contributed by atoms with Gasteiger partial charge in [-0.1, -0.05) is 23.7 Å². The average molecular weight is 397 g/mol. The maximum atomic E-state index is 12.2. The van der Waals surface area contributed by atoms with Crippen LogP contribution in [0.25, 0.3) is 0 Å². The van der Waals surface area contributed by atoms with Crippen molar-refractivity contribution in [3.05, 3.63) is 94.5 Å². The molecule has 0 unspecified atom stereocenters. The highest BCUT2D eigenvalue weighted by Gasteiger charge is 2.11. The third-order valence-electron chi connectivity index (χ3n) is 3.91. The van der Waals surface area contributed by atoms with E-state index in [-0.39, 0.29) is 6.61 Å². The van der Waals surface area contributed by atoms with Crippen LogP contribution in [0.2, 0.25) is 5.02 Å². The Bertz CT molecular complexity index is 948. The fourth-order valence-corrected chi connectivity index (χ4v) is 2.49. The topological polar surface area (TPSA) is 61.8 Å². The van der Waals surface area contributed by atoms with Crippen molar-refractivity contribution in [2.75, 3.05) is 7.11 Å². The van der Waals surface area contributed by atoms with Crippen LogP contribution in [-0.2, 0) is 11.3 Å². The lowest BCUT2D eigenvalue weighted by Crippen LogP contribution is -2.09. The van der Waals surface area contributed by atoms with Gasteiger partial charge in [0.05, 0.1) is 18.2 Å². The van der Waals surface area contributed by atoms with E-state index in [0.29, 0.717) is 27.6 Å². The second kappa shape index (κ2) is 9.06. The highest BCUT2D eigenvalue weighted by molar-refractivity contribution is 6.30. The van der Waals surface area contributed by atoms with Crippen molar-refractivity contribution in [2.24, 2.45) is 0 Å². The monoisotopic (exact) mass is 396 g/mol. The number of hydrogen-bond acceptors (Lipinski definition) is 5. The largest absolute Gasteiger partial charge is 0.497 e. The van der Waals surface area contributed by atoms with Crippen LogP contribution in [0.5, 0.6) is 11.5 Å². The minimum Gasteiger partial charge on any atom is -0.497 e. The fraction of sp³-hybridized carbons (Fsp3) is 0.0909. The predicted molar refractivity (Wildman–Crippen MR) is 105 cm³/mol. The molecule has 28 heavy (non-hydrogen) atoms. The molecule has 3 rings (SSSR count). The molecule has 0 aliphatic rings. The van der Waals surface area contributed by atoms with Crippen molar-refractivity contribution in [1.29, 1.82) is 0 Å². The smallest absolute Gasteiger partial charge is 0.343 e. The van der Waals surface area contributed by atoms with Gasteiger partial charge in [0.1, 0.15) is 18.1 Å². The molecule has 142 valence electrons. The van der Waals surface area contributed by atoms with E-state index in [0.717, 1.165) is 5.56 Å². The van der Waals surface area contributed by atoms with Gasteiger partial charge in [-0.3, -0.25) is 0 Å². The Labute approximate surface area is 167 Å². The van der Waals surface area contributed by atoms with Crippen LogP contribution in [0.1, 0.15) is 26.3 Å². The summed E-state index contributed by atoms with van der Waals surface area (Å²) < 4.78 is 15.6. The molecular formula is C22H17ClO5. The number of benzene rings is 3. The average Bonchev–Trinajstić information content (AvgIpc) is 2.73. The lowest BCUT2D eigenvalue weighted by Gasteiger charge is -2.07. The molecule has 6 heteroatoms. The Morgan fingerprint density at radius 2 is 1.29 bits per heavy atom. The number of hydrogen-bond donors (Lipinski definition) is 0. The highest BCUT2D eigenvalue weighted by Crippen LogP contribution is 2.17. The van der Waals surface area contributed by atoms with Gasteiger partial charge in [-0.2, -0.15) is 0 Å². The zero-order valence-corrected chi connectivity index (χ0v) is 15.8. The summed E-state index contributed by atoms with van der Waals surface area (Å²) >= 11 is 5.82. The molecule has 0 atom stereocenters. The third kappa shape index (κ3) is 5.11. The maximum absolute atomic E-state index is 12.2. The van der Waals surface area contributed by atoms with Crippen LogP contribution < -0.4 is 9.47 Å². The number of halogens is 1. The molecule has 0 aromatic heterocycles. The summed E-state index contributed by atoms with van der Waals surface area (Å²) in [6.07, 6.45) is 0. The molecule has 0 N–H and O–H groups in total. The minimum atomic E-state index is -0.499. The van der Waals surface area contributed by atoms with E-state index in [2.05, 4.69) is 0 Å². The first-order valence-corrected chi connectivity index (χ1v) is 8.81. The van der Waals surface area contributed by atoms with Crippen LogP contribution in [0.4, 0.5) is 0 Å². The van der Waals surface area contributed by atoms with Gasteiger partial charge in [-0.25, -0.2) is 9.59 Å². The molecule has 0 heterocycles. The number of ether oxygens (including phenoxy) is 3. The molecule has 0 amide bonds. The van der Waals surface area contributed by atoms with Crippen molar-refractivity contribution < 1.29 is 23.8 Å². The zero-order valence-electron chi connectivity index (χ0n) is 15.1. The number of esters is 2. The Hall–Kier alpha value is -3.31. The molecule has 0 spiro atoms. The van der Waals surface area contributed by atoms with Gasteiger partial charge >= 0.3 is 11.9 Å². The quantitative estimate of drug-likeness (QED) is 0.437. The Morgan fingerprint density at radius 1 is 0.750 bits per heavy atom. The molecule has 5 nitrogen and oxygen atoms in total. The van der Waals surface area contributed by atoms with Gasteiger partial charge in [-0.05, 0) is 66.2 Å². The van der Waals surface area contributed by atoms with Gasteiger partial charge in [0.15, 0.2) is 0 Å². The van der Waals surface area contributed by atoms with Crippen molar-refractivity contribution in [3.8, 4) is 11.5 Å². The molecule has 0 saturated carbocycles. The Kier molecular flexibility index (Phi) is 6.29. The summed E-state index contributed by atoms with van der Waals surface area (Å²) in [4.78, 5) is 24.3. The molecule has 0 aliphatic heterocycles. The summed E-state index contributed by atoms with van der Waals surface area (Å²) in [5.41, 5.74) is 1.59. The second-order valence-corrected chi connectivity index (χ2v) is 6.28. The number of rotatable bonds is 6. The standard InChI is InChI=1S/C22H17ClO5/c1-26-19-10-4-17(5-11-19)22(25)28-20-12-6-16(7-13-20)21(24)27-14-15-2-8-18(23)9-3-15/h2-13H,14H2,1H3. The summed E-state index contributed by atoms with van der Waals surface area (Å²) in [7, 11) is 1.55. The second-order valence-electron chi connectivity index (χ2n) is 5.84. The molecule has 3 aromatic carbocycles. The maximum Gasteiger partial charge on any atom is 0.343 e. The van der Waals surface area contributed by atoms with Gasteiger partial charge in [0.2, 0.25) is 0 Å². The van der Waals surface area contributed by atoms with Crippen molar-refractivity contribution >= 4 is 23.5 Å². The van der Waals surface area contributed by atoms with Crippen molar-refractivity contribution in [1.82, 2.24) is 0 Å². The lowest BCUT2D eigenvalue weighted by atomic mass is 10.2.